The molecule has 3 saturated carbocycles. The lowest BCUT2D eigenvalue weighted by atomic mass is 9.69. The molecule has 1 unspecified atom stereocenters. The van der Waals surface area contributed by atoms with Gasteiger partial charge in [-0.3, -0.25) is 0 Å². The molecule has 1 aromatic heterocycles. The maximum atomic E-state index is 6.79. The van der Waals surface area contributed by atoms with Crippen LogP contribution in [0.15, 0.2) is 42.6 Å². The minimum atomic E-state index is -0.0757. The number of ether oxygens (including phenoxy) is 4. The first-order chi connectivity index (χ1) is 29.2. The van der Waals surface area contributed by atoms with Gasteiger partial charge in [-0.2, -0.15) is 0 Å². The molecule has 3 atom stereocenters. The van der Waals surface area contributed by atoms with Crippen LogP contribution in [0.4, 0.5) is 0 Å². The van der Waals surface area contributed by atoms with Crippen molar-refractivity contribution in [3.8, 4) is 17.4 Å². The van der Waals surface area contributed by atoms with Crippen molar-refractivity contribution in [1.82, 2.24) is 25.8 Å². The van der Waals surface area contributed by atoms with Gasteiger partial charge < -0.3 is 39.8 Å². The molecule has 4 fully saturated rings. The van der Waals surface area contributed by atoms with E-state index in [0.717, 1.165) is 68.7 Å². The minimum Gasteiger partial charge on any atom is -0.493 e. The van der Waals surface area contributed by atoms with Crippen LogP contribution in [0.5, 0.6) is 17.4 Å². The van der Waals surface area contributed by atoms with Gasteiger partial charge in [0.2, 0.25) is 5.88 Å². The van der Waals surface area contributed by atoms with Crippen LogP contribution in [0.3, 0.4) is 0 Å². The van der Waals surface area contributed by atoms with Crippen LogP contribution in [0.1, 0.15) is 174 Å². The van der Waals surface area contributed by atoms with E-state index in [1.54, 1.807) is 0 Å². The highest BCUT2D eigenvalue weighted by molar-refractivity contribution is 5.33. The van der Waals surface area contributed by atoms with Gasteiger partial charge in [-0.25, -0.2) is 4.98 Å². The second-order valence-electron chi connectivity index (χ2n) is 25.8. The number of nitrogens with one attached hydrogen (secondary N) is 3. The summed E-state index contributed by atoms with van der Waals surface area (Å²) >= 11 is 0. The van der Waals surface area contributed by atoms with Crippen LogP contribution < -0.4 is 30.2 Å². The smallest absolute Gasteiger partial charge is 0.213 e. The average Bonchev–Trinajstić information content (AvgIpc) is 3.13. The molecule has 6 rings (SSSR count). The molecule has 0 amide bonds. The maximum absolute atomic E-state index is 6.79. The first-order valence-electron chi connectivity index (χ1n) is 24.9. The molecule has 0 bridgehead atoms. The second kappa shape index (κ2) is 19.8. The molecule has 1 aromatic carbocycles. The number of pyridine rings is 1. The number of hydrogen-bond acceptors (Lipinski definition) is 9. The van der Waals surface area contributed by atoms with E-state index in [1.165, 1.54) is 38.0 Å². The molecular formula is C54H91N5O4. The number of rotatable bonds is 20. The summed E-state index contributed by atoms with van der Waals surface area (Å²) in [5.74, 6) is 2.84. The van der Waals surface area contributed by atoms with Gasteiger partial charge >= 0.3 is 0 Å². The number of nitrogens with zero attached hydrogens (tertiary/aromatic N) is 2. The molecular weight excluding hydrogens is 783 g/mol. The second-order valence-corrected chi connectivity index (χ2v) is 25.8. The van der Waals surface area contributed by atoms with E-state index < -0.39 is 0 Å². The van der Waals surface area contributed by atoms with Gasteiger partial charge in [0.15, 0.2) is 0 Å². The lowest BCUT2D eigenvalue weighted by Gasteiger charge is -2.51. The predicted molar refractivity (Wildman–Crippen MR) is 260 cm³/mol. The number of hydrogen-bond donors (Lipinski definition) is 3. The fourth-order valence-corrected chi connectivity index (χ4v) is 10.2. The van der Waals surface area contributed by atoms with E-state index in [4.69, 9.17) is 18.9 Å². The Hall–Kier alpha value is -2.43. The summed E-state index contributed by atoms with van der Waals surface area (Å²) in [7, 11) is 0. The predicted octanol–water partition coefficient (Wildman–Crippen LogP) is 10.9. The molecule has 9 heteroatoms. The van der Waals surface area contributed by atoms with Crippen molar-refractivity contribution in [2.75, 3.05) is 26.2 Å². The van der Waals surface area contributed by atoms with Crippen LogP contribution in [-0.4, -0.2) is 95.3 Å². The first kappa shape index (κ1) is 50.0. The van der Waals surface area contributed by atoms with Gasteiger partial charge in [0.1, 0.15) is 23.7 Å². The molecule has 9 nitrogen and oxygen atoms in total. The van der Waals surface area contributed by atoms with Gasteiger partial charge in [0, 0.05) is 85.0 Å². The van der Waals surface area contributed by atoms with E-state index in [0.29, 0.717) is 48.3 Å². The minimum absolute atomic E-state index is 0.0183. The topological polar surface area (TPSA) is 89.1 Å². The zero-order chi connectivity index (χ0) is 46.0. The molecule has 4 aliphatic rings. The van der Waals surface area contributed by atoms with Gasteiger partial charge in [0.05, 0.1) is 18.8 Å². The van der Waals surface area contributed by atoms with Crippen LogP contribution in [0.2, 0.25) is 0 Å². The quantitative estimate of drug-likeness (QED) is 0.120. The van der Waals surface area contributed by atoms with Crippen LogP contribution in [0.25, 0.3) is 0 Å². The Morgan fingerprint density at radius 2 is 1.24 bits per heavy atom. The van der Waals surface area contributed by atoms with Crippen molar-refractivity contribution in [2.24, 2.45) is 16.7 Å². The Morgan fingerprint density at radius 3 is 1.86 bits per heavy atom. The number of aromatic nitrogens is 1. The van der Waals surface area contributed by atoms with E-state index in [1.807, 2.05) is 30.5 Å². The lowest BCUT2D eigenvalue weighted by molar-refractivity contribution is -0.0888. The van der Waals surface area contributed by atoms with Crippen molar-refractivity contribution in [3.63, 3.8) is 0 Å². The number of piperidine rings is 1. The maximum Gasteiger partial charge on any atom is 0.213 e. The van der Waals surface area contributed by atoms with Crippen molar-refractivity contribution in [3.05, 3.63) is 48.2 Å². The Labute approximate surface area is 384 Å². The van der Waals surface area contributed by atoms with E-state index in [9.17, 15) is 0 Å². The summed E-state index contributed by atoms with van der Waals surface area (Å²) in [5.41, 5.74) is 1.72. The average molecular weight is 874 g/mol. The Kier molecular flexibility index (Phi) is 15.7. The van der Waals surface area contributed by atoms with Gasteiger partial charge in [-0.15, -0.1) is 0 Å². The van der Waals surface area contributed by atoms with Gasteiger partial charge in [-0.1, -0.05) is 68.4 Å². The summed E-state index contributed by atoms with van der Waals surface area (Å²) in [6.45, 7) is 38.8. The Morgan fingerprint density at radius 1 is 0.635 bits per heavy atom. The Bertz CT molecular complexity index is 1740. The largest absolute Gasteiger partial charge is 0.493 e. The first-order valence-corrected chi connectivity index (χ1v) is 24.9. The van der Waals surface area contributed by atoms with Crippen molar-refractivity contribution >= 4 is 0 Å². The van der Waals surface area contributed by atoms with Crippen molar-refractivity contribution < 1.29 is 18.9 Å². The molecule has 356 valence electrons. The third kappa shape index (κ3) is 15.9. The molecule has 1 aliphatic heterocycles. The lowest BCUT2D eigenvalue weighted by Crippen LogP contribution is -2.64. The van der Waals surface area contributed by atoms with E-state index >= 15 is 0 Å². The summed E-state index contributed by atoms with van der Waals surface area (Å²) in [4.78, 5) is 7.31. The van der Waals surface area contributed by atoms with E-state index in [-0.39, 0.29) is 39.7 Å². The van der Waals surface area contributed by atoms with Crippen LogP contribution >= 0.6 is 0 Å². The molecule has 0 radical (unpaired) electrons. The third-order valence-electron chi connectivity index (χ3n) is 13.8. The highest BCUT2D eigenvalue weighted by Crippen LogP contribution is 2.41. The molecule has 0 spiro atoms. The monoisotopic (exact) mass is 874 g/mol. The normalized spacial score (nSPS) is 26.7. The fourth-order valence-electron chi connectivity index (χ4n) is 10.2. The molecule has 3 N–H and O–H groups in total. The number of likely N-dealkylation sites (tertiary alicyclic amines) is 1. The molecule has 3 aliphatic carbocycles. The van der Waals surface area contributed by atoms with Crippen molar-refractivity contribution in [1.29, 1.82) is 0 Å². The number of benzene rings is 1. The van der Waals surface area contributed by atoms with E-state index in [2.05, 4.69) is 142 Å². The third-order valence-corrected chi connectivity index (χ3v) is 13.8. The molecule has 2 aromatic rings. The SMILES string of the molecule is CC(C)(C)COc1cccc(OC2CC(NC(C)(C)CC3[C@H](NC(C)(C)CCC(C)(C)NC4CC(OC5CCN(CC(C)(C)C)CC5)C4)C[C@H]3Oc3cc(C(C)(C)C)ccn3)C2)c1. The molecule has 1 saturated heterocycles. The molecule has 63 heavy (non-hydrogen) atoms. The van der Waals surface area contributed by atoms with Crippen LogP contribution in [0, 0.1) is 16.7 Å². The summed E-state index contributed by atoms with van der Waals surface area (Å²) in [5, 5.41) is 12.2. The highest BCUT2D eigenvalue weighted by atomic mass is 16.5. The van der Waals surface area contributed by atoms with Gasteiger partial charge in [-0.05, 0) is 139 Å². The summed E-state index contributed by atoms with van der Waals surface area (Å²) < 4.78 is 25.9. The highest BCUT2D eigenvalue weighted by Gasteiger charge is 2.48. The van der Waals surface area contributed by atoms with Gasteiger partial charge in [0.25, 0.3) is 0 Å². The standard InChI is InChI=1S/C54H91N5O4/c1-49(2,3)35-59-25-20-40(21-26-59)61-43-28-38(29-43)56-52(10,11)22-23-53(12,13)58-46-33-47(63-48-27-37(19-24-55-48)51(7,8)9)45(46)34-54(14,15)57-39-30-44(31-39)62-42-18-16-17-41(32-42)60-36-50(4,5)6/h16-19,24,27,32,38-40,43-47,56-58H,20-23,25-26,28-31,33-36H2,1-15H3/t38?,39?,43?,44?,45?,46-,47-/m1/s1. The zero-order valence-corrected chi connectivity index (χ0v) is 42.6. The van der Waals surface area contributed by atoms with Crippen LogP contribution in [-0.2, 0) is 10.2 Å². The Balaban J connectivity index is 0.982. The summed E-state index contributed by atoms with van der Waals surface area (Å²) in [6, 6.07) is 13.7. The molecule has 2 heterocycles. The fraction of sp³-hybridized carbons (Fsp3) is 0.796. The van der Waals surface area contributed by atoms with Crippen molar-refractivity contribution in [2.45, 2.75) is 233 Å². The summed E-state index contributed by atoms with van der Waals surface area (Å²) in [6.07, 6.45) is 13.8. The zero-order valence-electron chi connectivity index (χ0n) is 42.6.